The van der Waals surface area contributed by atoms with Gasteiger partial charge in [-0.25, -0.2) is 5.32 Å². The highest BCUT2D eigenvalue weighted by Crippen LogP contribution is 2.15. The average Bonchev–Trinajstić information content (AvgIpc) is 2.68. The summed E-state index contributed by atoms with van der Waals surface area (Å²) in [5.41, 5.74) is -0.579. The molecule has 0 N–H and O–H groups in total. The van der Waals surface area contributed by atoms with E-state index in [1.165, 1.54) is 0 Å². The lowest BCUT2D eigenvalue weighted by molar-refractivity contribution is -0.174. The third-order valence-electron chi connectivity index (χ3n) is 2.26. The van der Waals surface area contributed by atoms with E-state index in [4.69, 9.17) is 9.47 Å². The van der Waals surface area contributed by atoms with Crippen LogP contribution in [0.3, 0.4) is 0 Å². The molecule has 5 heteroatoms. The van der Waals surface area contributed by atoms with E-state index < -0.39 is 11.4 Å². The van der Waals surface area contributed by atoms with Gasteiger partial charge in [-0.1, -0.05) is 0 Å². The SMILES string of the molecule is CC(C)(C)C(=O)OCOC(=O)C1CCC[N]1. The number of rotatable bonds is 3. The second-order valence-corrected chi connectivity index (χ2v) is 4.83. The number of ether oxygens (including phenoxy) is 2. The molecule has 1 aliphatic rings. The van der Waals surface area contributed by atoms with E-state index in [1.54, 1.807) is 20.8 Å². The Bertz CT molecular complexity index is 264. The predicted octanol–water partition coefficient (Wildman–Crippen LogP) is 0.843. The van der Waals surface area contributed by atoms with Gasteiger partial charge in [-0.05, 0) is 33.6 Å². The maximum atomic E-state index is 11.4. The quantitative estimate of drug-likeness (QED) is 0.530. The molecule has 5 nitrogen and oxygen atoms in total. The van der Waals surface area contributed by atoms with Crippen molar-refractivity contribution in [3.8, 4) is 0 Å². The molecule has 16 heavy (non-hydrogen) atoms. The van der Waals surface area contributed by atoms with E-state index in [1.807, 2.05) is 0 Å². The molecule has 0 spiro atoms. The van der Waals surface area contributed by atoms with Gasteiger partial charge in [0.15, 0.2) is 0 Å². The van der Waals surface area contributed by atoms with Crippen LogP contribution in [-0.2, 0) is 19.1 Å². The minimum atomic E-state index is -0.579. The van der Waals surface area contributed by atoms with Crippen LogP contribution in [0.4, 0.5) is 0 Å². The summed E-state index contributed by atoms with van der Waals surface area (Å²) in [5.74, 6) is -0.789. The van der Waals surface area contributed by atoms with Crippen LogP contribution in [-0.4, -0.2) is 31.3 Å². The molecule has 91 valence electrons. The predicted molar refractivity (Wildman–Crippen MR) is 56.5 cm³/mol. The van der Waals surface area contributed by atoms with Crippen molar-refractivity contribution in [1.29, 1.82) is 0 Å². The van der Waals surface area contributed by atoms with Crippen LogP contribution in [0.5, 0.6) is 0 Å². The highest BCUT2D eigenvalue weighted by atomic mass is 16.7. The van der Waals surface area contributed by atoms with Gasteiger partial charge >= 0.3 is 11.9 Å². The van der Waals surface area contributed by atoms with E-state index in [0.717, 1.165) is 12.8 Å². The van der Waals surface area contributed by atoms with Crippen molar-refractivity contribution in [1.82, 2.24) is 5.32 Å². The lowest BCUT2D eigenvalue weighted by Gasteiger charge is -2.16. The first-order valence-corrected chi connectivity index (χ1v) is 5.42. The number of hydrogen-bond donors (Lipinski definition) is 0. The normalized spacial score (nSPS) is 20.6. The number of hydrogen-bond acceptors (Lipinski definition) is 4. The molecule has 0 saturated carbocycles. The Morgan fingerprint density at radius 2 is 2.00 bits per heavy atom. The molecule has 1 fully saturated rings. The van der Waals surface area contributed by atoms with Crippen molar-refractivity contribution < 1.29 is 19.1 Å². The van der Waals surface area contributed by atoms with E-state index in [2.05, 4.69) is 5.32 Å². The number of carbonyl (C=O) groups excluding carboxylic acids is 2. The Morgan fingerprint density at radius 3 is 2.50 bits per heavy atom. The number of esters is 2. The molecular formula is C11H18NO4. The lowest BCUT2D eigenvalue weighted by Crippen LogP contribution is -2.30. The maximum Gasteiger partial charge on any atom is 0.327 e. The summed E-state index contributed by atoms with van der Waals surface area (Å²) in [6, 6.07) is -0.367. The highest BCUT2D eigenvalue weighted by molar-refractivity contribution is 5.77. The molecule has 1 rings (SSSR count). The van der Waals surface area contributed by atoms with Crippen molar-refractivity contribution in [2.24, 2.45) is 5.41 Å². The molecular weight excluding hydrogens is 210 g/mol. The molecule has 1 aliphatic heterocycles. The molecule has 1 saturated heterocycles. The molecule has 0 aromatic heterocycles. The van der Waals surface area contributed by atoms with Crippen LogP contribution in [0.15, 0.2) is 0 Å². The van der Waals surface area contributed by atoms with E-state index >= 15 is 0 Å². The van der Waals surface area contributed by atoms with Gasteiger partial charge in [0.1, 0.15) is 6.04 Å². The minimum Gasteiger partial charge on any atom is -0.427 e. The fraction of sp³-hybridized carbons (Fsp3) is 0.818. The van der Waals surface area contributed by atoms with Crippen LogP contribution in [0.2, 0.25) is 0 Å². The van der Waals surface area contributed by atoms with Gasteiger partial charge in [0.25, 0.3) is 0 Å². The van der Waals surface area contributed by atoms with Gasteiger partial charge < -0.3 is 9.47 Å². The molecule has 1 unspecified atom stereocenters. The topological polar surface area (TPSA) is 66.7 Å². The Hall–Kier alpha value is -1.10. The van der Waals surface area contributed by atoms with Gasteiger partial charge in [0.05, 0.1) is 5.41 Å². The first kappa shape index (κ1) is 13.0. The lowest BCUT2D eigenvalue weighted by atomic mass is 9.98. The Kier molecular flexibility index (Phi) is 4.29. The monoisotopic (exact) mass is 228 g/mol. The second-order valence-electron chi connectivity index (χ2n) is 4.83. The van der Waals surface area contributed by atoms with E-state index in [0.29, 0.717) is 6.54 Å². The third kappa shape index (κ3) is 3.81. The zero-order valence-electron chi connectivity index (χ0n) is 9.99. The first-order chi connectivity index (χ1) is 7.41. The van der Waals surface area contributed by atoms with Gasteiger partial charge in [0, 0.05) is 6.54 Å². The van der Waals surface area contributed by atoms with Crippen LogP contribution in [0.25, 0.3) is 0 Å². The van der Waals surface area contributed by atoms with Crippen LogP contribution in [0.1, 0.15) is 33.6 Å². The number of nitrogens with zero attached hydrogens (tertiary/aromatic N) is 1. The van der Waals surface area contributed by atoms with Crippen molar-refractivity contribution in [2.75, 3.05) is 13.3 Å². The highest BCUT2D eigenvalue weighted by Gasteiger charge is 2.26. The van der Waals surface area contributed by atoms with Gasteiger partial charge in [0.2, 0.25) is 6.79 Å². The average molecular weight is 228 g/mol. The summed E-state index contributed by atoms with van der Waals surface area (Å²) in [7, 11) is 0. The minimum absolute atomic E-state index is 0.318. The van der Waals surface area contributed by atoms with E-state index in [9.17, 15) is 9.59 Å². The van der Waals surface area contributed by atoms with Crippen molar-refractivity contribution >= 4 is 11.9 Å². The van der Waals surface area contributed by atoms with Crippen LogP contribution >= 0.6 is 0 Å². The summed E-state index contributed by atoms with van der Waals surface area (Å²) in [6.45, 7) is 5.61. The molecule has 1 heterocycles. The molecule has 0 bridgehead atoms. The first-order valence-electron chi connectivity index (χ1n) is 5.42. The van der Waals surface area contributed by atoms with Crippen molar-refractivity contribution in [3.63, 3.8) is 0 Å². The summed E-state index contributed by atoms with van der Waals surface area (Å²) in [5, 5.41) is 4.07. The Morgan fingerprint density at radius 1 is 1.31 bits per heavy atom. The Labute approximate surface area is 95.5 Å². The zero-order chi connectivity index (χ0) is 12.2. The van der Waals surface area contributed by atoms with E-state index in [-0.39, 0.29) is 18.8 Å². The van der Waals surface area contributed by atoms with Crippen molar-refractivity contribution in [3.05, 3.63) is 0 Å². The molecule has 1 radical (unpaired) electrons. The molecule has 0 aromatic carbocycles. The molecule has 1 atom stereocenters. The number of carbonyl (C=O) groups is 2. The molecule has 0 aliphatic carbocycles. The van der Waals surface area contributed by atoms with Gasteiger partial charge in [-0.15, -0.1) is 0 Å². The molecule has 0 aromatic rings. The van der Waals surface area contributed by atoms with Crippen molar-refractivity contribution in [2.45, 2.75) is 39.7 Å². The standard InChI is InChI=1S/C11H18NO4/c1-11(2,3)10(14)16-7-15-9(13)8-5-4-6-12-8/h8H,4-7H2,1-3H3. The Balaban J connectivity index is 2.20. The van der Waals surface area contributed by atoms with Crippen LogP contribution < -0.4 is 5.32 Å². The summed E-state index contributed by atoms with van der Waals surface area (Å²) < 4.78 is 9.63. The fourth-order valence-corrected chi connectivity index (χ4v) is 1.27. The zero-order valence-corrected chi connectivity index (χ0v) is 9.99. The largest absolute Gasteiger partial charge is 0.427 e. The smallest absolute Gasteiger partial charge is 0.327 e. The summed E-state index contributed by atoms with van der Waals surface area (Å²) in [6.07, 6.45) is 1.65. The summed E-state index contributed by atoms with van der Waals surface area (Å²) >= 11 is 0. The maximum absolute atomic E-state index is 11.4. The fourth-order valence-electron chi connectivity index (χ4n) is 1.27. The third-order valence-corrected chi connectivity index (χ3v) is 2.26. The molecule has 0 amide bonds. The van der Waals surface area contributed by atoms with Crippen LogP contribution in [0, 0.1) is 5.41 Å². The second kappa shape index (κ2) is 5.30. The van der Waals surface area contributed by atoms with Gasteiger partial charge in [-0.2, -0.15) is 0 Å². The van der Waals surface area contributed by atoms with Gasteiger partial charge in [-0.3, -0.25) is 9.59 Å². The summed E-state index contributed by atoms with van der Waals surface area (Å²) in [4.78, 5) is 22.7.